The lowest BCUT2D eigenvalue weighted by molar-refractivity contribution is -0.128. The van der Waals surface area contributed by atoms with Crippen LogP contribution in [0.15, 0.2) is 60.7 Å². The molecule has 1 fully saturated rings. The van der Waals surface area contributed by atoms with Gasteiger partial charge in [0, 0.05) is 19.1 Å². The Hall–Kier alpha value is -2.13. The van der Waals surface area contributed by atoms with Crippen LogP contribution in [0.25, 0.3) is 0 Å². The first-order chi connectivity index (χ1) is 13.2. The number of hydrogen-bond donors (Lipinski definition) is 0. The first kappa shape index (κ1) is 21.2. The van der Waals surface area contributed by atoms with Crippen LogP contribution < -0.4 is 0 Å². The summed E-state index contributed by atoms with van der Waals surface area (Å²) >= 11 is 0. The van der Waals surface area contributed by atoms with Gasteiger partial charge < -0.3 is 4.74 Å². The molecule has 1 unspecified atom stereocenters. The van der Waals surface area contributed by atoms with E-state index in [9.17, 15) is 4.79 Å². The normalized spacial score (nSPS) is 15.1. The smallest absolute Gasteiger partial charge is 0.293 e. The number of carbonyl (C=O) groups excluding carboxylic acids is 1. The molecule has 0 amide bonds. The van der Waals surface area contributed by atoms with E-state index in [1.54, 1.807) is 6.92 Å². The van der Waals surface area contributed by atoms with Crippen molar-refractivity contribution in [3.8, 4) is 0 Å². The average molecular weight is 368 g/mol. The number of rotatable bonds is 8. The predicted molar refractivity (Wildman–Crippen MR) is 111 cm³/mol. The standard InChI is InChI=1S/C21H27N.C3H6O2/c1-18(21-14-8-9-15-21)22(16-19-10-4-2-5-11-19)17-20-12-6-3-7-13-20;1-2-5-3-4/h2-7,10-13,18,21H,8-9,14-17H2,1H3;3H,2H2,1H3. The van der Waals surface area contributed by atoms with Gasteiger partial charge in [0.1, 0.15) is 0 Å². The van der Waals surface area contributed by atoms with Crippen molar-refractivity contribution in [2.24, 2.45) is 5.92 Å². The highest BCUT2D eigenvalue weighted by Crippen LogP contribution is 2.31. The van der Waals surface area contributed by atoms with Gasteiger partial charge >= 0.3 is 0 Å². The topological polar surface area (TPSA) is 29.5 Å². The van der Waals surface area contributed by atoms with Crippen LogP contribution in [0.5, 0.6) is 0 Å². The molecule has 3 rings (SSSR count). The van der Waals surface area contributed by atoms with Gasteiger partial charge in [0.05, 0.1) is 6.61 Å². The van der Waals surface area contributed by atoms with Gasteiger partial charge in [0.25, 0.3) is 6.47 Å². The Kier molecular flexibility index (Phi) is 9.64. The van der Waals surface area contributed by atoms with Crippen LogP contribution >= 0.6 is 0 Å². The molecular weight excluding hydrogens is 334 g/mol. The molecule has 2 aromatic carbocycles. The fraction of sp³-hybridized carbons (Fsp3) is 0.458. The minimum absolute atomic E-state index is 0.431. The number of carbonyl (C=O) groups is 1. The molecule has 0 heterocycles. The molecule has 0 aliphatic heterocycles. The van der Waals surface area contributed by atoms with Crippen LogP contribution in [0.2, 0.25) is 0 Å². The van der Waals surface area contributed by atoms with E-state index in [1.807, 2.05) is 0 Å². The van der Waals surface area contributed by atoms with Crippen molar-refractivity contribution >= 4 is 6.47 Å². The van der Waals surface area contributed by atoms with Crippen LogP contribution in [0.1, 0.15) is 50.7 Å². The summed E-state index contributed by atoms with van der Waals surface area (Å²) in [5, 5.41) is 0. The van der Waals surface area contributed by atoms with E-state index in [0.29, 0.717) is 19.1 Å². The van der Waals surface area contributed by atoms with Crippen LogP contribution in [0.3, 0.4) is 0 Å². The van der Waals surface area contributed by atoms with Gasteiger partial charge in [0.2, 0.25) is 0 Å². The number of benzene rings is 2. The van der Waals surface area contributed by atoms with Crippen LogP contribution in [-0.2, 0) is 22.6 Å². The summed E-state index contributed by atoms with van der Waals surface area (Å²) in [6.07, 6.45) is 5.64. The summed E-state index contributed by atoms with van der Waals surface area (Å²) in [5.41, 5.74) is 2.84. The summed E-state index contributed by atoms with van der Waals surface area (Å²) < 4.78 is 4.15. The Labute approximate surface area is 164 Å². The van der Waals surface area contributed by atoms with Gasteiger partial charge in [-0.3, -0.25) is 9.69 Å². The first-order valence-corrected chi connectivity index (χ1v) is 10.1. The molecule has 3 nitrogen and oxygen atoms in total. The molecule has 0 bridgehead atoms. The van der Waals surface area contributed by atoms with Crippen molar-refractivity contribution < 1.29 is 9.53 Å². The van der Waals surface area contributed by atoms with Crippen LogP contribution in [0.4, 0.5) is 0 Å². The molecule has 0 N–H and O–H groups in total. The maximum atomic E-state index is 9.18. The molecule has 2 aromatic rings. The van der Waals surface area contributed by atoms with E-state index >= 15 is 0 Å². The van der Waals surface area contributed by atoms with E-state index in [-0.39, 0.29) is 0 Å². The SMILES string of the molecule is CC(C1CCCC1)N(Cc1ccccc1)Cc1ccccc1.CCOC=O. The fourth-order valence-corrected chi connectivity index (χ4v) is 3.79. The highest BCUT2D eigenvalue weighted by atomic mass is 16.5. The van der Waals surface area contributed by atoms with Crippen molar-refractivity contribution in [1.29, 1.82) is 0 Å². The summed E-state index contributed by atoms with van der Waals surface area (Å²) in [7, 11) is 0. The lowest BCUT2D eigenvalue weighted by atomic mass is 9.97. The average Bonchev–Trinajstić information content (AvgIpc) is 3.24. The molecule has 0 spiro atoms. The van der Waals surface area contributed by atoms with E-state index in [1.165, 1.54) is 36.8 Å². The monoisotopic (exact) mass is 367 g/mol. The summed E-state index contributed by atoms with van der Waals surface area (Å²) in [4.78, 5) is 11.8. The van der Waals surface area contributed by atoms with E-state index in [4.69, 9.17) is 0 Å². The Morgan fingerprint density at radius 2 is 1.44 bits per heavy atom. The molecular formula is C24H33NO2. The van der Waals surface area contributed by atoms with Crippen LogP contribution in [0, 0.1) is 5.92 Å². The first-order valence-electron chi connectivity index (χ1n) is 10.1. The maximum absolute atomic E-state index is 9.18. The predicted octanol–water partition coefficient (Wildman–Crippen LogP) is 5.45. The van der Waals surface area contributed by atoms with E-state index in [0.717, 1.165) is 19.0 Å². The molecule has 146 valence electrons. The minimum atomic E-state index is 0.431. The minimum Gasteiger partial charge on any atom is -0.468 e. The van der Waals surface area contributed by atoms with Gasteiger partial charge in [-0.15, -0.1) is 0 Å². The number of hydrogen-bond acceptors (Lipinski definition) is 3. The summed E-state index contributed by atoms with van der Waals surface area (Å²) in [6, 6.07) is 22.5. The Morgan fingerprint density at radius 1 is 0.963 bits per heavy atom. The lowest BCUT2D eigenvalue weighted by Crippen LogP contribution is -2.36. The number of nitrogens with zero attached hydrogens (tertiary/aromatic N) is 1. The molecule has 3 heteroatoms. The zero-order chi connectivity index (χ0) is 19.3. The van der Waals surface area contributed by atoms with Gasteiger partial charge in [0.15, 0.2) is 0 Å². The molecule has 0 saturated heterocycles. The molecule has 1 atom stereocenters. The molecule has 1 saturated carbocycles. The second-order valence-electron chi connectivity index (χ2n) is 7.21. The second kappa shape index (κ2) is 12.3. The zero-order valence-electron chi connectivity index (χ0n) is 16.7. The third-order valence-corrected chi connectivity index (χ3v) is 5.35. The highest BCUT2D eigenvalue weighted by Gasteiger charge is 2.26. The highest BCUT2D eigenvalue weighted by molar-refractivity contribution is 5.36. The molecule has 0 aromatic heterocycles. The van der Waals surface area contributed by atoms with Gasteiger partial charge in [-0.05, 0) is 43.7 Å². The van der Waals surface area contributed by atoms with Crippen molar-refractivity contribution in [3.05, 3.63) is 71.8 Å². The van der Waals surface area contributed by atoms with E-state index < -0.39 is 0 Å². The van der Waals surface area contributed by atoms with Gasteiger partial charge in [-0.2, -0.15) is 0 Å². The van der Waals surface area contributed by atoms with Gasteiger partial charge in [-0.1, -0.05) is 73.5 Å². The Morgan fingerprint density at radius 3 is 1.81 bits per heavy atom. The molecule has 27 heavy (non-hydrogen) atoms. The summed E-state index contributed by atoms with van der Waals surface area (Å²) in [6.45, 7) is 7.20. The van der Waals surface area contributed by atoms with Crippen molar-refractivity contribution in [1.82, 2.24) is 4.90 Å². The quantitative estimate of drug-likeness (QED) is 0.581. The van der Waals surface area contributed by atoms with Crippen molar-refractivity contribution in [2.45, 2.75) is 58.7 Å². The summed E-state index contributed by atoms with van der Waals surface area (Å²) in [5.74, 6) is 0.868. The Bertz CT molecular complexity index is 582. The molecule has 1 aliphatic carbocycles. The third-order valence-electron chi connectivity index (χ3n) is 5.35. The lowest BCUT2D eigenvalue weighted by Gasteiger charge is -2.33. The van der Waals surface area contributed by atoms with Crippen molar-refractivity contribution in [2.75, 3.05) is 6.61 Å². The molecule has 0 radical (unpaired) electrons. The third kappa shape index (κ3) is 7.56. The second-order valence-corrected chi connectivity index (χ2v) is 7.21. The zero-order valence-corrected chi connectivity index (χ0v) is 16.7. The largest absolute Gasteiger partial charge is 0.468 e. The molecule has 1 aliphatic rings. The fourth-order valence-electron chi connectivity index (χ4n) is 3.79. The van der Waals surface area contributed by atoms with Crippen LogP contribution in [-0.4, -0.2) is 24.0 Å². The van der Waals surface area contributed by atoms with E-state index in [2.05, 4.69) is 77.2 Å². The number of ether oxygens (including phenoxy) is 1. The van der Waals surface area contributed by atoms with Gasteiger partial charge in [-0.25, -0.2) is 0 Å². The van der Waals surface area contributed by atoms with Crippen molar-refractivity contribution in [3.63, 3.8) is 0 Å². The maximum Gasteiger partial charge on any atom is 0.293 e. The Balaban J connectivity index is 0.000000465.